The number of hydrogen-bond acceptors (Lipinski definition) is 4. The summed E-state index contributed by atoms with van der Waals surface area (Å²) in [4.78, 5) is 24.6. The molecule has 2 amide bonds. The Morgan fingerprint density at radius 1 is 1.27 bits per heavy atom. The Morgan fingerprint density at radius 3 is 2.58 bits per heavy atom. The lowest BCUT2D eigenvalue weighted by Gasteiger charge is -2.18. The highest BCUT2D eigenvalue weighted by Crippen LogP contribution is 2.35. The number of carbonyl (C=O) groups excluding carboxylic acids is 2. The number of rotatable bonds is 4. The Balaban J connectivity index is 1.85. The number of alkyl halides is 3. The van der Waals surface area contributed by atoms with Crippen LogP contribution in [0.4, 0.5) is 13.2 Å². The smallest absolute Gasteiger partial charge is 0.364 e. The van der Waals surface area contributed by atoms with Gasteiger partial charge in [-0.1, -0.05) is 0 Å². The number of aromatic nitrogens is 4. The van der Waals surface area contributed by atoms with Gasteiger partial charge in [0.05, 0.1) is 6.20 Å². The highest BCUT2D eigenvalue weighted by atomic mass is 19.4. The van der Waals surface area contributed by atoms with Crippen molar-refractivity contribution in [3.05, 3.63) is 34.9 Å². The second-order valence-electron chi connectivity index (χ2n) is 6.04. The molecule has 3 rings (SSSR count). The zero-order valence-electron chi connectivity index (χ0n) is 14.0. The molecule has 2 N–H and O–H groups in total. The van der Waals surface area contributed by atoms with Crippen molar-refractivity contribution in [2.75, 3.05) is 12.1 Å². The monoisotopic (exact) mass is 370 g/mol. The van der Waals surface area contributed by atoms with Crippen molar-refractivity contribution in [2.45, 2.75) is 38.4 Å². The van der Waals surface area contributed by atoms with Gasteiger partial charge in [0.1, 0.15) is 6.54 Å². The van der Waals surface area contributed by atoms with Crippen molar-refractivity contribution in [1.29, 1.82) is 0 Å². The van der Waals surface area contributed by atoms with Crippen LogP contribution < -0.4 is 10.7 Å². The molecule has 2 heterocycles. The molecule has 0 spiro atoms. The van der Waals surface area contributed by atoms with Crippen LogP contribution >= 0.6 is 0 Å². The van der Waals surface area contributed by atoms with E-state index in [-0.39, 0.29) is 17.8 Å². The molecule has 140 valence electrons. The summed E-state index contributed by atoms with van der Waals surface area (Å²) in [5, 5.41) is 8.57. The molecule has 0 aliphatic heterocycles. The summed E-state index contributed by atoms with van der Waals surface area (Å²) < 4.78 is 40.7. The summed E-state index contributed by atoms with van der Waals surface area (Å²) in [6.07, 6.45) is -1.03. The summed E-state index contributed by atoms with van der Waals surface area (Å²) >= 11 is 0. The van der Waals surface area contributed by atoms with Gasteiger partial charge in [0, 0.05) is 18.3 Å². The summed E-state index contributed by atoms with van der Waals surface area (Å²) in [6.45, 7) is -0.360. The third-order valence-corrected chi connectivity index (χ3v) is 4.31. The predicted molar refractivity (Wildman–Crippen MR) is 83.8 cm³/mol. The average molecular weight is 370 g/mol. The minimum Gasteiger partial charge on any atom is -0.364 e. The SMILES string of the molecule is CN(C(=O)Cn1nc(C(F)(F)F)c2c1CCCC2)n1ccc(C(N)=O)n1. The van der Waals surface area contributed by atoms with Gasteiger partial charge in [-0.3, -0.25) is 14.3 Å². The van der Waals surface area contributed by atoms with Crippen LogP contribution in [0.2, 0.25) is 0 Å². The number of likely N-dealkylation sites (N-methyl/N-ethyl adjacent to an activating group) is 1. The van der Waals surface area contributed by atoms with E-state index in [0.29, 0.717) is 25.0 Å². The number of hydrogen-bond donors (Lipinski definition) is 1. The second-order valence-corrected chi connectivity index (χ2v) is 6.04. The molecule has 2 aromatic heterocycles. The topological polar surface area (TPSA) is 99.0 Å². The third kappa shape index (κ3) is 3.28. The van der Waals surface area contributed by atoms with Crippen molar-refractivity contribution in [3.8, 4) is 0 Å². The minimum atomic E-state index is -4.56. The first kappa shape index (κ1) is 18.0. The van der Waals surface area contributed by atoms with E-state index in [2.05, 4.69) is 10.2 Å². The normalized spacial score (nSPS) is 14.2. The maximum Gasteiger partial charge on any atom is 0.435 e. The lowest BCUT2D eigenvalue weighted by atomic mass is 9.95. The van der Waals surface area contributed by atoms with Crippen LogP contribution in [0.25, 0.3) is 0 Å². The second kappa shape index (κ2) is 6.46. The van der Waals surface area contributed by atoms with E-state index < -0.39 is 23.7 Å². The fourth-order valence-corrected chi connectivity index (χ4v) is 2.99. The van der Waals surface area contributed by atoms with E-state index in [1.54, 1.807) is 0 Å². The maximum atomic E-state index is 13.2. The largest absolute Gasteiger partial charge is 0.435 e. The van der Waals surface area contributed by atoms with Gasteiger partial charge >= 0.3 is 6.18 Å². The molecule has 0 radical (unpaired) electrons. The lowest BCUT2D eigenvalue weighted by molar-refractivity contribution is -0.142. The van der Waals surface area contributed by atoms with Gasteiger partial charge in [-0.05, 0) is 31.7 Å². The van der Waals surface area contributed by atoms with Crippen LogP contribution in [0.3, 0.4) is 0 Å². The quantitative estimate of drug-likeness (QED) is 0.863. The zero-order chi connectivity index (χ0) is 19.1. The molecule has 0 unspecified atom stereocenters. The number of fused-ring (bicyclic) bond motifs is 1. The molecule has 0 fully saturated rings. The number of primary amides is 1. The third-order valence-electron chi connectivity index (χ3n) is 4.31. The Hall–Kier alpha value is -2.85. The molecule has 1 aliphatic rings. The van der Waals surface area contributed by atoms with Crippen molar-refractivity contribution >= 4 is 11.8 Å². The number of halogens is 3. The summed E-state index contributed by atoms with van der Waals surface area (Å²) in [7, 11) is 1.39. The van der Waals surface area contributed by atoms with Crippen molar-refractivity contribution in [2.24, 2.45) is 5.73 Å². The van der Waals surface area contributed by atoms with E-state index in [4.69, 9.17) is 5.73 Å². The molecule has 11 heteroatoms. The molecule has 0 bridgehead atoms. The van der Waals surface area contributed by atoms with Crippen molar-refractivity contribution < 1.29 is 22.8 Å². The van der Waals surface area contributed by atoms with E-state index in [1.807, 2.05) is 0 Å². The van der Waals surface area contributed by atoms with Crippen LogP contribution in [0, 0.1) is 0 Å². The predicted octanol–water partition coefficient (Wildman–Crippen LogP) is 0.871. The van der Waals surface area contributed by atoms with Gasteiger partial charge < -0.3 is 5.73 Å². The van der Waals surface area contributed by atoms with Gasteiger partial charge in [0.2, 0.25) is 0 Å². The number of nitrogens with two attached hydrogens (primary N) is 1. The van der Waals surface area contributed by atoms with Crippen molar-refractivity contribution in [1.82, 2.24) is 19.7 Å². The maximum absolute atomic E-state index is 13.2. The summed E-state index contributed by atoms with van der Waals surface area (Å²) in [6, 6.07) is 1.34. The van der Waals surface area contributed by atoms with E-state index in [1.165, 1.54) is 19.3 Å². The molecule has 2 aromatic rings. The Bertz CT molecular complexity index is 854. The molecule has 8 nitrogen and oxygen atoms in total. The Morgan fingerprint density at radius 2 is 1.96 bits per heavy atom. The number of amides is 2. The summed E-state index contributed by atoms with van der Waals surface area (Å²) in [5.41, 5.74) is 4.78. The molecule has 0 saturated heterocycles. The Kier molecular flexibility index (Phi) is 4.46. The van der Waals surface area contributed by atoms with E-state index in [0.717, 1.165) is 20.9 Å². The Labute approximate surface area is 146 Å². The van der Waals surface area contributed by atoms with Gasteiger partial charge in [-0.25, -0.2) is 5.01 Å². The van der Waals surface area contributed by atoms with E-state index in [9.17, 15) is 22.8 Å². The molecular weight excluding hydrogens is 353 g/mol. The average Bonchev–Trinajstić information content (AvgIpc) is 3.19. The zero-order valence-corrected chi connectivity index (χ0v) is 14.0. The highest BCUT2D eigenvalue weighted by Gasteiger charge is 2.39. The molecule has 0 atom stereocenters. The first-order chi connectivity index (χ1) is 12.2. The minimum absolute atomic E-state index is 0.0273. The number of carbonyl (C=O) groups is 2. The van der Waals surface area contributed by atoms with Gasteiger partial charge in [0.25, 0.3) is 11.8 Å². The summed E-state index contributed by atoms with van der Waals surface area (Å²) in [5.74, 6) is -1.28. The fourth-order valence-electron chi connectivity index (χ4n) is 2.99. The lowest BCUT2D eigenvalue weighted by Crippen LogP contribution is -2.40. The van der Waals surface area contributed by atoms with Crippen LogP contribution in [0.5, 0.6) is 0 Å². The molecule has 1 aliphatic carbocycles. The van der Waals surface area contributed by atoms with Crippen LogP contribution in [0.1, 0.15) is 40.3 Å². The molecule has 0 saturated carbocycles. The highest BCUT2D eigenvalue weighted by molar-refractivity contribution is 5.91. The molecule has 0 aromatic carbocycles. The van der Waals surface area contributed by atoms with Crippen molar-refractivity contribution in [3.63, 3.8) is 0 Å². The van der Waals surface area contributed by atoms with Gasteiger partial charge in [-0.2, -0.15) is 23.1 Å². The fraction of sp³-hybridized carbons (Fsp3) is 0.467. The molecular formula is C15H17F3N6O2. The first-order valence-corrected chi connectivity index (χ1v) is 7.96. The standard InChI is InChI=1S/C15H17F3N6O2/c1-22(24-7-6-10(20-24)14(19)26)12(25)8-23-11-5-3-2-4-9(11)13(21-23)15(16,17)18/h6-7H,2-5,8H2,1H3,(H2,19,26). The van der Waals surface area contributed by atoms with Crippen LogP contribution in [-0.2, 0) is 30.4 Å². The number of nitrogens with zero attached hydrogens (tertiary/aromatic N) is 5. The van der Waals surface area contributed by atoms with Crippen LogP contribution in [-0.4, -0.2) is 38.5 Å². The van der Waals surface area contributed by atoms with Crippen LogP contribution in [0.15, 0.2) is 12.3 Å². The molecule has 26 heavy (non-hydrogen) atoms. The van der Waals surface area contributed by atoms with Gasteiger partial charge in [0.15, 0.2) is 11.4 Å². The van der Waals surface area contributed by atoms with E-state index >= 15 is 0 Å². The van der Waals surface area contributed by atoms with Gasteiger partial charge in [-0.15, -0.1) is 5.10 Å². The first-order valence-electron chi connectivity index (χ1n) is 7.96.